The highest BCUT2D eigenvalue weighted by atomic mass is 32.1. The Kier molecular flexibility index (Phi) is 6.85. The number of tetrazole rings is 1. The van der Waals surface area contributed by atoms with Gasteiger partial charge in [0.15, 0.2) is 5.82 Å². The summed E-state index contributed by atoms with van der Waals surface area (Å²) >= 11 is 1.91. The van der Waals surface area contributed by atoms with Crippen LogP contribution in [0.15, 0.2) is 65.7 Å². The van der Waals surface area contributed by atoms with Crippen molar-refractivity contribution < 1.29 is 0 Å². The van der Waals surface area contributed by atoms with E-state index in [0.29, 0.717) is 6.04 Å². The van der Waals surface area contributed by atoms with Crippen molar-refractivity contribution in [2.24, 2.45) is 12.0 Å². The van der Waals surface area contributed by atoms with Crippen molar-refractivity contribution in [2.45, 2.75) is 38.6 Å². The average molecular weight is 512 g/mol. The minimum atomic E-state index is 0.430. The first-order valence-electron chi connectivity index (χ1n) is 13.1. The summed E-state index contributed by atoms with van der Waals surface area (Å²) in [7, 11) is 1.92. The molecule has 7 nitrogen and oxygen atoms in total. The number of aliphatic imine (C=N–C) groups is 1. The molecule has 8 heteroatoms. The molecule has 0 aliphatic carbocycles. The number of benzene rings is 2. The van der Waals surface area contributed by atoms with E-state index >= 15 is 0 Å². The number of fused-ring (bicyclic) bond motifs is 2. The minimum absolute atomic E-state index is 0.430. The van der Waals surface area contributed by atoms with E-state index in [1.165, 1.54) is 26.4 Å². The van der Waals surface area contributed by atoms with Crippen LogP contribution in [-0.2, 0) is 26.3 Å². The molecule has 0 N–H and O–H groups in total. The minimum Gasteiger partial charge on any atom is -0.353 e. The zero-order valence-electron chi connectivity index (χ0n) is 21.5. The molecule has 4 aromatic rings. The van der Waals surface area contributed by atoms with Crippen LogP contribution in [0.25, 0.3) is 0 Å². The molecule has 0 saturated carbocycles. The lowest BCUT2D eigenvalue weighted by Crippen LogP contribution is -2.55. The molecular weight excluding hydrogens is 478 g/mol. The van der Waals surface area contributed by atoms with Gasteiger partial charge in [0.05, 0.1) is 5.69 Å². The maximum atomic E-state index is 5.29. The van der Waals surface area contributed by atoms with Crippen molar-refractivity contribution in [2.75, 3.05) is 26.2 Å². The molecule has 37 heavy (non-hydrogen) atoms. The van der Waals surface area contributed by atoms with Crippen LogP contribution in [0.5, 0.6) is 0 Å². The van der Waals surface area contributed by atoms with Gasteiger partial charge in [0, 0.05) is 67.4 Å². The average Bonchev–Trinajstić information content (AvgIpc) is 3.46. The van der Waals surface area contributed by atoms with Crippen LogP contribution >= 0.6 is 11.3 Å². The summed E-state index contributed by atoms with van der Waals surface area (Å²) in [5.41, 5.74) is 5.14. The molecule has 0 spiro atoms. The molecule has 2 aliphatic heterocycles. The quantitative estimate of drug-likeness (QED) is 0.383. The zero-order valence-corrected chi connectivity index (χ0v) is 22.4. The Morgan fingerprint density at radius 3 is 2.68 bits per heavy atom. The van der Waals surface area contributed by atoms with Crippen LogP contribution < -0.4 is 0 Å². The lowest BCUT2D eigenvalue weighted by Gasteiger charge is -2.43. The monoisotopic (exact) mass is 511 g/mol. The molecule has 2 aromatic heterocycles. The highest BCUT2D eigenvalue weighted by molar-refractivity contribution is 7.12. The van der Waals surface area contributed by atoms with E-state index in [-0.39, 0.29) is 0 Å². The maximum Gasteiger partial charge on any atom is 0.152 e. The van der Waals surface area contributed by atoms with Gasteiger partial charge in [-0.1, -0.05) is 48.5 Å². The number of para-hydroxylation sites is 1. The van der Waals surface area contributed by atoms with Gasteiger partial charge in [-0.3, -0.25) is 4.90 Å². The van der Waals surface area contributed by atoms with Gasteiger partial charge in [-0.05, 0) is 53.5 Å². The molecule has 1 atom stereocenters. The Bertz CT molecular complexity index is 1390. The Labute approximate surface area is 222 Å². The van der Waals surface area contributed by atoms with E-state index in [2.05, 4.69) is 92.9 Å². The fourth-order valence-corrected chi connectivity index (χ4v) is 6.63. The summed E-state index contributed by atoms with van der Waals surface area (Å²) in [6.07, 6.45) is 3.99. The number of thiophene rings is 1. The topological polar surface area (TPSA) is 62.4 Å². The molecule has 0 bridgehead atoms. The van der Waals surface area contributed by atoms with Crippen LogP contribution in [0.3, 0.4) is 0 Å². The lowest BCUT2D eigenvalue weighted by molar-refractivity contribution is 0.107. The molecule has 0 radical (unpaired) electrons. The number of nitrogens with zero attached hydrogens (tertiary/aromatic N) is 7. The second kappa shape index (κ2) is 10.6. The van der Waals surface area contributed by atoms with Gasteiger partial charge in [0.2, 0.25) is 0 Å². The maximum absolute atomic E-state index is 5.29. The van der Waals surface area contributed by atoms with Gasteiger partial charge >= 0.3 is 0 Å². The van der Waals surface area contributed by atoms with E-state index in [4.69, 9.17) is 4.99 Å². The number of hydrogen-bond acceptors (Lipinski definition) is 7. The fourth-order valence-electron chi connectivity index (χ4n) is 5.58. The molecular formula is C29H33N7S. The molecule has 0 unspecified atom stereocenters. The first-order chi connectivity index (χ1) is 18.1. The number of hydrogen-bond donors (Lipinski definition) is 0. The van der Waals surface area contributed by atoms with Crippen LogP contribution in [0.4, 0.5) is 5.69 Å². The number of amidine groups is 1. The molecule has 0 amide bonds. The van der Waals surface area contributed by atoms with Gasteiger partial charge < -0.3 is 4.90 Å². The Morgan fingerprint density at radius 1 is 1.00 bits per heavy atom. The molecule has 190 valence electrons. The van der Waals surface area contributed by atoms with Gasteiger partial charge in [-0.25, -0.2) is 9.67 Å². The van der Waals surface area contributed by atoms with Crippen molar-refractivity contribution in [1.29, 1.82) is 0 Å². The van der Waals surface area contributed by atoms with E-state index in [0.717, 1.165) is 69.2 Å². The van der Waals surface area contributed by atoms with Crippen LogP contribution in [0.1, 0.15) is 38.7 Å². The van der Waals surface area contributed by atoms with Crippen LogP contribution in [0.2, 0.25) is 0 Å². The third-order valence-electron chi connectivity index (χ3n) is 7.59. The Hall–Kier alpha value is -3.36. The molecule has 4 heterocycles. The summed E-state index contributed by atoms with van der Waals surface area (Å²) in [6, 6.07) is 22.2. The van der Waals surface area contributed by atoms with Gasteiger partial charge in [-0.2, -0.15) is 0 Å². The van der Waals surface area contributed by atoms with Gasteiger partial charge in [0.25, 0.3) is 0 Å². The van der Waals surface area contributed by atoms with Crippen molar-refractivity contribution >= 4 is 22.9 Å². The number of piperazine rings is 1. The van der Waals surface area contributed by atoms with E-state index in [9.17, 15) is 0 Å². The second-order valence-corrected chi connectivity index (χ2v) is 11.4. The van der Waals surface area contributed by atoms with Crippen LogP contribution in [-0.4, -0.2) is 68.1 Å². The number of aryl methyl sites for hydroxylation is 3. The second-order valence-electron chi connectivity index (χ2n) is 10.1. The zero-order chi connectivity index (χ0) is 25.2. The van der Waals surface area contributed by atoms with Crippen molar-refractivity contribution in [3.05, 3.63) is 92.9 Å². The van der Waals surface area contributed by atoms with Crippen molar-refractivity contribution in [3.63, 3.8) is 0 Å². The predicted molar refractivity (Wildman–Crippen MR) is 149 cm³/mol. The summed E-state index contributed by atoms with van der Waals surface area (Å²) < 4.78 is 1.79. The third-order valence-corrected chi connectivity index (χ3v) is 8.64. The molecule has 6 rings (SSSR count). The van der Waals surface area contributed by atoms with Crippen molar-refractivity contribution in [1.82, 2.24) is 30.0 Å². The van der Waals surface area contributed by atoms with Crippen molar-refractivity contribution in [3.8, 4) is 0 Å². The SMILES string of the molecule is Cc1cc2c(s1)Cc1ccccc1N=C2N1CCN(CCc2nnnn2C)[C@@H](CCc2ccccc2)C1. The lowest BCUT2D eigenvalue weighted by atomic mass is 10.0. The van der Waals surface area contributed by atoms with E-state index in [1.807, 2.05) is 18.4 Å². The van der Waals surface area contributed by atoms with Crippen LogP contribution in [0, 0.1) is 6.92 Å². The summed E-state index contributed by atoms with van der Waals surface area (Å²) in [5.74, 6) is 2.08. The van der Waals surface area contributed by atoms with E-state index < -0.39 is 0 Å². The first-order valence-corrected chi connectivity index (χ1v) is 14.0. The molecule has 2 aliphatic rings. The van der Waals surface area contributed by atoms with Gasteiger partial charge in [0.1, 0.15) is 5.84 Å². The highest BCUT2D eigenvalue weighted by Crippen LogP contribution is 2.34. The normalized spacial score (nSPS) is 17.7. The Balaban J connectivity index is 1.27. The summed E-state index contributed by atoms with van der Waals surface area (Å²) in [4.78, 5) is 13.3. The number of rotatable bonds is 6. The standard InChI is InChI=1S/C29H33N7S/c1-21-18-25-27(37-21)19-23-10-6-7-11-26(23)30-29(25)36-17-16-35(15-14-28-31-32-33-34(28)2)24(20-36)13-12-22-8-4-3-5-9-22/h3-11,18,24H,12-17,19-20H2,1-2H3/t24-/m0/s1. The predicted octanol–water partition coefficient (Wildman–Crippen LogP) is 4.42. The largest absolute Gasteiger partial charge is 0.353 e. The Morgan fingerprint density at radius 2 is 1.84 bits per heavy atom. The molecule has 2 aromatic carbocycles. The summed E-state index contributed by atoms with van der Waals surface area (Å²) in [6.45, 7) is 6.11. The molecule has 1 fully saturated rings. The third kappa shape index (κ3) is 5.22. The number of aromatic nitrogens is 4. The summed E-state index contributed by atoms with van der Waals surface area (Å²) in [5, 5.41) is 12.1. The smallest absolute Gasteiger partial charge is 0.152 e. The van der Waals surface area contributed by atoms with Gasteiger partial charge in [-0.15, -0.1) is 16.4 Å². The highest BCUT2D eigenvalue weighted by Gasteiger charge is 2.31. The first kappa shape index (κ1) is 24.0. The fraction of sp³-hybridized carbons (Fsp3) is 0.379. The van der Waals surface area contributed by atoms with E-state index in [1.54, 1.807) is 4.68 Å². The molecule has 1 saturated heterocycles.